The third kappa shape index (κ3) is 5.66. The summed E-state index contributed by atoms with van der Waals surface area (Å²) in [5, 5.41) is 9.52. The maximum atomic E-state index is 13.6. The fourth-order valence-electron chi connectivity index (χ4n) is 5.92. The highest BCUT2D eigenvalue weighted by Gasteiger charge is 2.47. The minimum Gasteiger partial charge on any atom is -0.457 e. The Bertz CT molecular complexity index is 1520. The van der Waals surface area contributed by atoms with Crippen molar-refractivity contribution in [2.24, 2.45) is 0 Å². The Balaban J connectivity index is 1.16. The Kier molecular flexibility index (Phi) is 7.78. The Morgan fingerprint density at radius 3 is 2.55 bits per heavy atom. The van der Waals surface area contributed by atoms with E-state index in [4.69, 9.17) is 4.74 Å². The van der Waals surface area contributed by atoms with Gasteiger partial charge in [-0.3, -0.25) is 14.5 Å². The molecule has 0 saturated heterocycles. The molecule has 0 spiro atoms. The molecular weight excluding hydrogens is 552 g/mol. The number of amides is 4. The molecule has 3 N–H and O–H groups in total. The van der Waals surface area contributed by atoms with Gasteiger partial charge in [-0.1, -0.05) is 30.0 Å². The maximum absolute atomic E-state index is 13.6. The van der Waals surface area contributed by atoms with Crippen LogP contribution in [0.15, 0.2) is 65.8 Å². The number of hydrogen-bond donors (Lipinski definition) is 3. The summed E-state index contributed by atoms with van der Waals surface area (Å²) in [6, 6.07) is 16.2. The van der Waals surface area contributed by atoms with Gasteiger partial charge in [-0.05, 0) is 82.2 Å². The van der Waals surface area contributed by atoms with E-state index in [1.807, 2.05) is 80.5 Å². The van der Waals surface area contributed by atoms with Crippen molar-refractivity contribution < 1.29 is 19.1 Å². The number of ether oxygens (including phenoxy) is 1. The summed E-state index contributed by atoms with van der Waals surface area (Å²) in [6.07, 6.45) is 3.98. The van der Waals surface area contributed by atoms with Crippen LogP contribution in [0.4, 0.5) is 16.2 Å². The molecule has 2 aromatic carbocycles. The van der Waals surface area contributed by atoms with Gasteiger partial charge in [0.15, 0.2) is 0 Å². The van der Waals surface area contributed by atoms with Crippen molar-refractivity contribution >= 4 is 41.0 Å². The fraction of sp³-hybridized carbons (Fsp3) is 0.355. The number of thioether (sulfide) groups is 1. The van der Waals surface area contributed by atoms with E-state index in [0.717, 1.165) is 46.1 Å². The molecule has 0 radical (unpaired) electrons. The second-order valence-electron chi connectivity index (χ2n) is 11.2. The maximum Gasteiger partial charge on any atom is 0.327 e. The highest BCUT2D eigenvalue weighted by molar-refractivity contribution is 8.01. The van der Waals surface area contributed by atoms with E-state index >= 15 is 0 Å². The predicted octanol–water partition coefficient (Wildman–Crippen LogP) is 4.27. The van der Waals surface area contributed by atoms with Crippen molar-refractivity contribution in [3.05, 3.63) is 71.9 Å². The monoisotopic (exact) mass is 586 g/mol. The highest BCUT2D eigenvalue weighted by Crippen LogP contribution is 2.51. The average Bonchev–Trinajstić information content (AvgIpc) is 3.54. The minimum atomic E-state index is -0.537. The molecule has 1 saturated carbocycles. The molecule has 2 unspecified atom stereocenters. The number of carbonyl (C=O) groups excluding carboxylic acids is 3. The van der Waals surface area contributed by atoms with E-state index in [-0.39, 0.29) is 29.9 Å². The van der Waals surface area contributed by atoms with Gasteiger partial charge < -0.3 is 25.6 Å². The Hall–Kier alpha value is -4.09. The molecule has 1 fully saturated rings. The number of benzene rings is 2. The first kappa shape index (κ1) is 28.0. The summed E-state index contributed by atoms with van der Waals surface area (Å²) in [5.41, 5.74) is 3.18. The van der Waals surface area contributed by atoms with Crippen molar-refractivity contribution in [1.82, 2.24) is 25.8 Å². The molecule has 1 aliphatic carbocycles. The number of aromatic nitrogens is 1. The molecule has 10 nitrogen and oxygen atoms in total. The second-order valence-corrected chi connectivity index (χ2v) is 12.4. The van der Waals surface area contributed by atoms with Crippen LogP contribution in [0, 0.1) is 6.92 Å². The van der Waals surface area contributed by atoms with Crippen LogP contribution in [0.25, 0.3) is 0 Å². The normalized spacial score (nSPS) is 22.5. The standard InChI is InChI=1S/C31H34N6O4S/c1-18-15-22(41-21-7-5-4-6-8-21)11-12-23(18)37-24-13-14-32-30-26(24)27(35-31(37)40)28(42-30)29(39)34-20-10-9-19(16-20)33-25(38)17-36(2)3/h4-8,11-15,19-20,27-28H,9-10,16-17H2,1-3H3,(H,33,38)(H,34,39)(H,35,40)/t19-,20-,27?,28?/m0/s1. The lowest BCUT2D eigenvalue weighted by atomic mass is 9.99. The topological polar surface area (TPSA) is 116 Å². The lowest BCUT2D eigenvalue weighted by Crippen LogP contribution is -2.50. The molecule has 42 heavy (non-hydrogen) atoms. The van der Waals surface area contributed by atoms with E-state index in [2.05, 4.69) is 20.9 Å². The molecular formula is C31H34N6O4S. The number of anilines is 2. The SMILES string of the molecule is Cc1cc(Oc2ccccc2)ccc1N1C(=O)NC2c3c1ccnc3SC2C(=O)N[C@H]1CC[C@H](NC(=O)CN(C)C)C1. The number of likely N-dealkylation sites (N-methyl/N-ethyl adjacent to an activating group) is 1. The number of rotatable bonds is 8. The quantitative estimate of drug-likeness (QED) is 0.361. The smallest absolute Gasteiger partial charge is 0.327 e. The second kappa shape index (κ2) is 11.7. The van der Waals surface area contributed by atoms with Crippen LogP contribution >= 0.6 is 11.8 Å². The van der Waals surface area contributed by atoms with Gasteiger partial charge in [0.2, 0.25) is 11.8 Å². The number of nitrogens with zero attached hydrogens (tertiary/aromatic N) is 3. The van der Waals surface area contributed by atoms with Crippen LogP contribution in [0.3, 0.4) is 0 Å². The van der Waals surface area contributed by atoms with Crippen LogP contribution < -0.4 is 25.6 Å². The number of hydrogen-bond acceptors (Lipinski definition) is 7. The first-order valence-electron chi connectivity index (χ1n) is 14.1. The van der Waals surface area contributed by atoms with Crippen LogP contribution in [0.1, 0.15) is 36.4 Å². The molecule has 0 bridgehead atoms. The number of carbonyl (C=O) groups is 3. The Labute approximate surface area is 249 Å². The number of pyridine rings is 1. The molecule has 2 aliphatic heterocycles. The molecule has 6 rings (SSSR count). The summed E-state index contributed by atoms with van der Waals surface area (Å²) in [4.78, 5) is 47.3. The average molecular weight is 587 g/mol. The van der Waals surface area contributed by atoms with Gasteiger partial charge in [0.25, 0.3) is 0 Å². The number of aryl methyl sites for hydroxylation is 1. The predicted molar refractivity (Wildman–Crippen MR) is 161 cm³/mol. The van der Waals surface area contributed by atoms with Crippen LogP contribution in [-0.4, -0.2) is 65.7 Å². The molecule has 218 valence electrons. The zero-order valence-corrected chi connectivity index (χ0v) is 24.6. The van der Waals surface area contributed by atoms with Gasteiger partial charge in [-0.2, -0.15) is 0 Å². The number of para-hydroxylation sites is 1. The summed E-state index contributed by atoms with van der Waals surface area (Å²) >= 11 is 1.38. The van der Waals surface area contributed by atoms with Crippen molar-refractivity contribution in [1.29, 1.82) is 0 Å². The third-order valence-electron chi connectivity index (χ3n) is 7.76. The zero-order valence-electron chi connectivity index (χ0n) is 23.8. The Morgan fingerprint density at radius 1 is 1.05 bits per heavy atom. The lowest BCUT2D eigenvalue weighted by molar-refractivity contribution is -0.122. The summed E-state index contributed by atoms with van der Waals surface area (Å²) in [7, 11) is 3.72. The summed E-state index contributed by atoms with van der Waals surface area (Å²) in [6.45, 7) is 2.28. The van der Waals surface area contributed by atoms with Gasteiger partial charge in [-0.15, -0.1) is 0 Å². The van der Waals surface area contributed by atoms with Crippen LogP contribution in [0.2, 0.25) is 0 Å². The zero-order chi connectivity index (χ0) is 29.4. The largest absolute Gasteiger partial charge is 0.457 e. The van der Waals surface area contributed by atoms with Crippen LogP contribution in [0.5, 0.6) is 11.5 Å². The summed E-state index contributed by atoms with van der Waals surface area (Å²) in [5.74, 6) is 1.27. The van der Waals surface area contributed by atoms with Gasteiger partial charge >= 0.3 is 6.03 Å². The van der Waals surface area contributed by atoms with Crippen molar-refractivity contribution in [3.63, 3.8) is 0 Å². The minimum absolute atomic E-state index is 0.0135. The summed E-state index contributed by atoms with van der Waals surface area (Å²) < 4.78 is 5.98. The molecule has 4 atom stereocenters. The van der Waals surface area contributed by atoms with Gasteiger partial charge in [0, 0.05) is 23.8 Å². The fourth-order valence-corrected chi connectivity index (χ4v) is 7.15. The van der Waals surface area contributed by atoms with E-state index in [1.165, 1.54) is 11.8 Å². The molecule has 4 amide bonds. The molecule has 3 heterocycles. The van der Waals surface area contributed by atoms with E-state index in [1.54, 1.807) is 11.1 Å². The van der Waals surface area contributed by atoms with Crippen LogP contribution in [-0.2, 0) is 9.59 Å². The van der Waals surface area contributed by atoms with E-state index < -0.39 is 11.3 Å². The lowest BCUT2D eigenvalue weighted by Gasteiger charge is -2.35. The van der Waals surface area contributed by atoms with Crippen molar-refractivity contribution in [3.8, 4) is 11.5 Å². The highest BCUT2D eigenvalue weighted by atomic mass is 32.2. The first-order chi connectivity index (χ1) is 20.3. The molecule has 3 aliphatic rings. The first-order valence-corrected chi connectivity index (χ1v) is 15.0. The van der Waals surface area contributed by atoms with E-state index in [9.17, 15) is 14.4 Å². The third-order valence-corrected chi connectivity index (χ3v) is 9.05. The molecule has 1 aromatic heterocycles. The number of urea groups is 1. The van der Waals surface area contributed by atoms with Crippen molar-refractivity contribution in [2.45, 2.75) is 54.6 Å². The van der Waals surface area contributed by atoms with Gasteiger partial charge in [0.05, 0.1) is 24.0 Å². The molecule has 11 heteroatoms. The molecule has 3 aromatic rings. The van der Waals surface area contributed by atoms with E-state index in [0.29, 0.717) is 18.7 Å². The Morgan fingerprint density at radius 2 is 1.81 bits per heavy atom. The van der Waals surface area contributed by atoms with Crippen molar-refractivity contribution in [2.75, 3.05) is 25.5 Å². The van der Waals surface area contributed by atoms with Gasteiger partial charge in [0.1, 0.15) is 21.8 Å². The van der Waals surface area contributed by atoms with Gasteiger partial charge in [-0.25, -0.2) is 9.78 Å². The number of nitrogens with one attached hydrogen (secondary N) is 3.